The lowest BCUT2D eigenvalue weighted by Crippen LogP contribution is -1.82. The van der Waals surface area contributed by atoms with Crippen molar-refractivity contribution in [3.05, 3.63) is 29.8 Å². The molecule has 0 saturated carbocycles. The number of phenolic OH excluding ortho intramolecular Hbond substituents is 1. The van der Waals surface area contributed by atoms with Crippen molar-refractivity contribution in [3.8, 4) is 5.75 Å². The highest BCUT2D eigenvalue weighted by Crippen LogP contribution is 2.11. The molecule has 0 saturated heterocycles. The number of carbonyl (C=O) groups excluding carboxylic acids is 1. The third kappa shape index (κ3) is 5.01. The van der Waals surface area contributed by atoms with E-state index in [1.54, 1.807) is 12.1 Å². The third-order valence-corrected chi connectivity index (χ3v) is 1.76. The van der Waals surface area contributed by atoms with E-state index in [4.69, 9.17) is 9.90 Å². The summed E-state index contributed by atoms with van der Waals surface area (Å²) in [6.45, 7) is 4.18. The smallest absolute Gasteiger partial charge is 0.115 e. The van der Waals surface area contributed by atoms with Crippen LogP contribution in [0.15, 0.2) is 24.3 Å². The van der Waals surface area contributed by atoms with Crippen LogP contribution in [-0.4, -0.2) is 11.9 Å². The van der Waals surface area contributed by atoms with Crippen LogP contribution in [0.4, 0.5) is 0 Å². The Balaban J connectivity index is 0.000000671. The summed E-state index contributed by atoms with van der Waals surface area (Å²) in [5.74, 6) is 0.352. The van der Waals surface area contributed by atoms with Crippen LogP contribution in [0.2, 0.25) is 0 Å². The van der Waals surface area contributed by atoms with Crippen molar-refractivity contribution in [1.29, 1.82) is 0 Å². The van der Waals surface area contributed by atoms with E-state index in [-0.39, 0.29) is 0 Å². The molecule has 1 rings (SSSR count). The molecule has 0 aliphatic carbocycles. The monoisotopic (exact) mass is 180 g/mol. The Kier molecular flexibility index (Phi) is 6.60. The van der Waals surface area contributed by atoms with E-state index in [1.807, 2.05) is 18.9 Å². The van der Waals surface area contributed by atoms with Crippen LogP contribution in [-0.2, 0) is 11.2 Å². The summed E-state index contributed by atoms with van der Waals surface area (Å²) in [4.78, 5) is 8.00. The molecule has 2 nitrogen and oxygen atoms in total. The van der Waals surface area contributed by atoms with E-state index < -0.39 is 0 Å². The van der Waals surface area contributed by atoms with Gasteiger partial charge >= 0.3 is 0 Å². The van der Waals surface area contributed by atoms with Crippen molar-refractivity contribution in [3.63, 3.8) is 0 Å². The average molecular weight is 180 g/mol. The second kappa shape index (κ2) is 7.35. The number of carbonyl (C=O) groups is 1. The van der Waals surface area contributed by atoms with Crippen molar-refractivity contribution in [2.75, 3.05) is 0 Å². The van der Waals surface area contributed by atoms with Gasteiger partial charge in [-0.2, -0.15) is 0 Å². The lowest BCUT2D eigenvalue weighted by molar-refractivity contribution is -0.0979. The van der Waals surface area contributed by atoms with Gasteiger partial charge in [-0.15, -0.1) is 0 Å². The van der Waals surface area contributed by atoms with Gasteiger partial charge in [0.2, 0.25) is 0 Å². The van der Waals surface area contributed by atoms with Crippen LogP contribution in [0, 0.1) is 0 Å². The molecule has 0 fully saturated rings. The average Bonchev–Trinajstić information content (AvgIpc) is 2.20. The first kappa shape index (κ1) is 11.7. The maximum absolute atomic E-state index is 8.98. The van der Waals surface area contributed by atoms with Gasteiger partial charge in [-0.1, -0.05) is 25.5 Å². The summed E-state index contributed by atoms with van der Waals surface area (Å²) in [5, 5.41) is 8.98. The van der Waals surface area contributed by atoms with Crippen molar-refractivity contribution < 1.29 is 9.90 Å². The quantitative estimate of drug-likeness (QED) is 0.776. The van der Waals surface area contributed by atoms with Gasteiger partial charge in [0.05, 0.1) is 0 Å². The van der Waals surface area contributed by atoms with Gasteiger partial charge in [0, 0.05) is 0 Å². The summed E-state index contributed by atoms with van der Waals surface area (Å²) >= 11 is 0. The molecular weight excluding hydrogens is 164 g/mol. The molecule has 0 aliphatic rings. The van der Waals surface area contributed by atoms with E-state index >= 15 is 0 Å². The molecular formula is C11H16O2. The fourth-order valence-electron chi connectivity index (χ4n) is 1.04. The van der Waals surface area contributed by atoms with Crippen molar-refractivity contribution in [1.82, 2.24) is 0 Å². The lowest BCUT2D eigenvalue weighted by atomic mass is 10.1. The molecule has 0 aliphatic heterocycles. The van der Waals surface area contributed by atoms with Crippen LogP contribution >= 0.6 is 0 Å². The lowest BCUT2D eigenvalue weighted by Gasteiger charge is -1.98. The van der Waals surface area contributed by atoms with Crippen LogP contribution in [0.1, 0.15) is 25.3 Å². The van der Waals surface area contributed by atoms with E-state index in [0.717, 1.165) is 6.42 Å². The number of phenols is 1. The molecule has 0 aromatic heterocycles. The molecule has 0 amide bonds. The molecule has 0 bridgehead atoms. The Morgan fingerprint density at radius 1 is 1.23 bits per heavy atom. The highest BCUT2D eigenvalue weighted by Gasteiger charge is 1.91. The van der Waals surface area contributed by atoms with Gasteiger partial charge in [-0.3, -0.25) is 0 Å². The fraction of sp³-hybridized carbons (Fsp3) is 0.364. The zero-order valence-electron chi connectivity index (χ0n) is 7.99. The predicted molar refractivity (Wildman–Crippen MR) is 53.8 cm³/mol. The first-order valence-electron chi connectivity index (χ1n) is 4.39. The highest BCUT2D eigenvalue weighted by atomic mass is 16.3. The normalized spacial score (nSPS) is 8.69. The second-order valence-electron chi connectivity index (χ2n) is 2.77. The summed E-state index contributed by atoms with van der Waals surface area (Å²) in [7, 11) is 0. The first-order valence-corrected chi connectivity index (χ1v) is 4.39. The van der Waals surface area contributed by atoms with Crippen LogP contribution < -0.4 is 0 Å². The Hall–Kier alpha value is -1.31. The first-order chi connectivity index (χ1) is 6.33. The van der Waals surface area contributed by atoms with Gasteiger partial charge < -0.3 is 9.90 Å². The Morgan fingerprint density at radius 3 is 2.23 bits per heavy atom. The second-order valence-corrected chi connectivity index (χ2v) is 2.77. The Morgan fingerprint density at radius 2 is 1.77 bits per heavy atom. The molecule has 1 aromatic rings. The summed E-state index contributed by atoms with van der Waals surface area (Å²) in [5.41, 5.74) is 1.31. The minimum atomic E-state index is 0.352. The molecule has 0 atom stereocenters. The molecule has 0 spiro atoms. The van der Waals surface area contributed by atoms with Crippen LogP contribution in [0.3, 0.4) is 0 Å². The topological polar surface area (TPSA) is 37.3 Å². The van der Waals surface area contributed by atoms with Crippen molar-refractivity contribution in [2.45, 2.75) is 26.2 Å². The Bertz CT molecular complexity index is 216. The number of aryl methyl sites for hydroxylation is 1. The van der Waals surface area contributed by atoms with Crippen molar-refractivity contribution in [2.24, 2.45) is 0 Å². The minimum Gasteiger partial charge on any atom is -0.508 e. The van der Waals surface area contributed by atoms with E-state index in [9.17, 15) is 0 Å². The molecule has 0 unspecified atom stereocenters. The third-order valence-electron chi connectivity index (χ3n) is 1.76. The summed E-state index contributed by atoms with van der Waals surface area (Å²) < 4.78 is 0. The molecule has 2 heteroatoms. The standard InChI is InChI=1S/C10H14O.CH2O/c1-2-3-4-9-5-7-10(11)8-6-9;1-2/h5-8,11H,2-4H2,1H3;1H2. The molecule has 72 valence electrons. The van der Waals surface area contributed by atoms with Gasteiger partial charge in [0.25, 0.3) is 0 Å². The van der Waals surface area contributed by atoms with E-state index in [1.165, 1.54) is 18.4 Å². The largest absolute Gasteiger partial charge is 0.508 e. The SMILES string of the molecule is C=O.CCCCc1ccc(O)cc1. The molecule has 1 N–H and O–H groups in total. The van der Waals surface area contributed by atoms with Gasteiger partial charge in [-0.25, -0.2) is 0 Å². The molecule has 0 heterocycles. The summed E-state index contributed by atoms with van der Waals surface area (Å²) in [6.07, 6.45) is 3.57. The zero-order chi connectivity index (χ0) is 10.1. The molecule has 13 heavy (non-hydrogen) atoms. The highest BCUT2D eigenvalue weighted by molar-refractivity contribution is 5.25. The number of unbranched alkanes of at least 4 members (excludes halogenated alkanes) is 1. The number of hydrogen-bond acceptors (Lipinski definition) is 2. The summed E-state index contributed by atoms with van der Waals surface area (Å²) in [6, 6.07) is 7.44. The van der Waals surface area contributed by atoms with Crippen molar-refractivity contribution >= 4 is 6.79 Å². The number of benzene rings is 1. The van der Waals surface area contributed by atoms with Gasteiger partial charge in [0.15, 0.2) is 0 Å². The number of hydrogen-bond donors (Lipinski definition) is 1. The zero-order valence-corrected chi connectivity index (χ0v) is 7.99. The van der Waals surface area contributed by atoms with Gasteiger partial charge in [-0.05, 0) is 30.5 Å². The molecule has 0 radical (unpaired) electrons. The van der Waals surface area contributed by atoms with Crippen LogP contribution in [0.5, 0.6) is 5.75 Å². The van der Waals surface area contributed by atoms with Crippen LogP contribution in [0.25, 0.3) is 0 Å². The maximum atomic E-state index is 8.98. The predicted octanol–water partition coefficient (Wildman–Crippen LogP) is 2.55. The fourth-order valence-corrected chi connectivity index (χ4v) is 1.04. The minimum absolute atomic E-state index is 0.352. The maximum Gasteiger partial charge on any atom is 0.115 e. The molecule has 1 aromatic carbocycles. The number of aromatic hydroxyl groups is 1. The van der Waals surface area contributed by atoms with E-state index in [2.05, 4.69) is 6.92 Å². The van der Waals surface area contributed by atoms with E-state index in [0.29, 0.717) is 5.75 Å². The number of rotatable bonds is 3. The van der Waals surface area contributed by atoms with Gasteiger partial charge in [0.1, 0.15) is 12.5 Å². The Labute approximate surface area is 79.2 Å².